The minimum Gasteiger partial charge on any atom is -0.306 e. The van der Waals surface area contributed by atoms with Gasteiger partial charge in [0.15, 0.2) is 0 Å². The van der Waals surface area contributed by atoms with Gasteiger partial charge in [0.2, 0.25) is 0 Å². The van der Waals surface area contributed by atoms with Gasteiger partial charge in [0.25, 0.3) is 14.9 Å². The highest BCUT2D eigenvalue weighted by molar-refractivity contribution is 7.68. The Bertz CT molecular complexity index is 2380. The summed E-state index contributed by atoms with van der Waals surface area (Å²) in [6.07, 6.45) is 2.77. The lowest BCUT2D eigenvalue weighted by molar-refractivity contribution is -0.108. The molecule has 0 spiro atoms. The molecule has 0 saturated carbocycles. The molecule has 0 bridgehead atoms. The monoisotopic (exact) mass is 834 g/mol. The maximum Gasteiger partial charge on any atom is 0.270 e. The van der Waals surface area contributed by atoms with Gasteiger partial charge in [-0.25, -0.2) is 0 Å². The summed E-state index contributed by atoms with van der Waals surface area (Å²) in [5.74, 6) is -0.165. The molecule has 6 aromatic rings. The molecule has 0 amide bonds. The summed E-state index contributed by atoms with van der Waals surface area (Å²) in [7, 11) is -7.20. The van der Waals surface area contributed by atoms with Crippen LogP contribution in [0, 0.1) is 13.8 Å². The van der Waals surface area contributed by atoms with Crippen molar-refractivity contribution in [1.82, 2.24) is 0 Å². The third-order valence-electron chi connectivity index (χ3n) is 12.1. The van der Waals surface area contributed by atoms with E-state index in [2.05, 4.69) is 30.8 Å². The molecular weight excluding hydrogens is 783 g/mol. The first-order valence-electron chi connectivity index (χ1n) is 20.8. The molecular formula is C50H52N4O4P2. The van der Waals surface area contributed by atoms with Crippen molar-refractivity contribution >= 4 is 50.2 Å². The summed E-state index contributed by atoms with van der Waals surface area (Å²) in [6, 6.07) is 54.1. The Morgan fingerprint density at radius 1 is 0.500 bits per heavy atom. The van der Waals surface area contributed by atoms with Crippen molar-refractivity contribution in [2.24, 2.45) is 0 Å². The summed E-state index contributed by atoms with van der Waals surface area (Å²) < 4.78 is 41.2. The lowest BCUT2D eigenvalue weighted by Gasteiger charge is -2.51. The minimum atomic E-state index is -3.64. The standard InChI is InChI=1S/C50H52N4O4P2/c1-39-22-26-47(27-23-39)53-37-44(38-54(48-28-24-40(2)25-29-48)60(53,58)49(30-34-55)41-14-6-3-7-15-41)42-16-12-17-43(36-42)50(31-35-56)59(57)51(45-18-8-4-9-19-45)32-13-33-52(59)46-20-10-5-11-21-46/h3-12,14-29,34-36,44,49-50H,13,30-33,37-38H2,1-2H3. The SMILES string of the molecule is Cc1ccc(N2CC(c3cccc(C(CC=O)P4(=O)N(c5ccccc5)CCCN4c4ccccc4)c3)CN(c3ccc(C)cc3)P2(=O)C(CC=O)c2ccccc2)cc1. The maximum absolute atomic E-state index is 16.6. The van der Waals surface area contributed by atoms with E-state index in [1.807, 2.05) is 166 Å². The van der Waals surface area contributed by atoms with Crippen LogP contribution >= 0.6 is 14.9 Å². The largest absolute Gasteiger partial charge is 0.306 e. The second-order valence-electron chi connectivity index (χ2n) is 15.9. The number of carbonyl (C=O) groups is 2. The van der Waals surface area contributed by atoms with Gasteiger partial charge < -0.3 is 28.3 Å². The summed E-state index contributed by atoms with van der Waals surface area (Å²) >= 11 is 0. The van der Waals surface area contributed by atoms with Crippen molar-refractivity contribution in [3.8, 4) is 0 Å². The number of para-hydroxylation sites is 2. The third-order valence-corrected chi connectivity index (χ3v) is 19.1. The lowest BCUT2D eigenvalue weighted by Crippen LogP contribution is -2.46. The van der Waals surface area contributed by atoms with Crippen LogP contribution in [0.3, 0.4) is 0 Å². The number of rotatable bonds is 13. The van der Waals surface area contributed by atoms with Crippen LogP contribution in [0.2, 0.25) is 0 Å². The van der Waals surface area contributed by atoms with Crippen LogP contribution in [-0.2, 0) is 18.7 Å². The molecule has 0 radical (unpaired) electrons. The predicted molar refractivity (Wildman–Crippen MR) is 247 cm³/mol. The van der Waals surface area contributed by atoms with Crippen LogP contribution in [0.5, 0.6) is 0 Å². The van der Waals surface area contributed by atoms with Gasteiger partial charge in [-0.2, -0.15) is 0 Å². The minimum absolute atomic E-state index is 0.0721. The Kier molecular flexibility index (Phi) is 12.2. The van der Waals surface area contributed by atoms with Crippen molar-refractivity contribution in [3.05, 3.63) is 192 Å². The molecule has 0 N–H and O–H groups in total. The van der Waals surface area contributed by atoms with E-state index >= 15 is 9.13 Å². The zero-order chi connectivity index (χ0) is 41.7. The summed E-state index contributed by atoms with van der Waals surface area (Å²) in [6.45, 7) is 6.09. The molecule has 2 aliphatic rings. The number of benzene rings is 6. The van der Waals surface area contributed by atoms with Crippen molar-refractivity contribution in [3.63, 3.8) is 0 Å². The Morgan fingerprint density at radius 3 is 1.37 bits per heavy atom. The van der Waals surface area contributed by atoms with E-state index in [0.29, 0.717) is 26.2 Å². The highest BCUT2D eigenvalue weighted by atomic mass is 31.2. The zero-order valence-electron chi connectivity index (χ0n) is 34.2. The van der Waals surface area contributed by atoms with E-state index in [9.17, 15) is 9.59 Å². The van der Waals surface area contributed by atoms with Crippen LogP contribution in [0.4, 0.5) is 22.7 Å². The molecule has 2 aliphatic heterocycles. The molecule has 2 saturated heterocycles. The molecule has 8 rings (SSSR count). The van der Waals surface area contributed by atoms with Gasteiger partial charge in [0.1, 0.15) is 12.6 Å². The van der Waals surface area contributed by atoms with E-state index in [1.165, 1.54) is 0 Å². The number of carbonyl (C=O) groups excluding carboxylic acids is 2. The van der Waals surface area contributed by atoms with Gasteiger partial charge in [-0.15, -0.1) is 0 Å². The highest BCUT2D eigenvalue weighted by Gasteiger charge is 2.51. The number of hydrogen-bond donors (Lipinski definition) is 0. The Hall–Kier alpha value is -5.68. The van der Waals surface area contributed by atoms with E-state index in [-0.39, 0.29) is 18.8 Å². The quantitative estimate of drug-likeness (QED) is 0.0840. The summed E-state index contributed by atoms with van der Waals surface area (Å²) in [5.41, 5.74) is 6.97. The maximum atomic E-state index is 16.6. The summed E-state index contributed by atoms with van der Waals surface area (Å²) in [4.78, 5) is 25.3. The first-order valence-corrected chi connectivity index (χ1v) is 24.2. The fraction of sp³-hybridized carbons (Fsp3) is 0.240. The molecule has 0 aromatic heterocycles. The van der Waals surface area contributed by atoms with Crippen LogP contribution in [-0.4, -0.2) is 38.8 Å². The van der Waals surface area contributed by atoms with Gasteiger partial charge in [-0.05, 0) is 85.5 Å². The van der Waals surface area contributed by atoms with E-state index < -0.39 is 26.2 Å². The predicted octanol–water partition coefficient (Wildman–Crippen LogP) is 12.2. The van der Waals surface area contributed by atoms with Crippen molar-refractivity contribution < 1.29 is 18.7 Å². The number of anilines is 4. The molecule has 306 valence electrons. The average Bonchev–Trinajstić information content (AvgIpc) is 3.29. The first-order chi connectivity index (χ1) is 29.2. The molecule has 2 atom stereocenters. The van der Waals surface area contributed by atoms with E-state index in [0.717, 1.165) is 69.6 Å². The molecule has 8 nitrogen and oxygen atoms in total. The molecule has 0 aliphatic carbocycles. The third kappa shape index (κ3) is 7.87. The fourth-order valence-electron chi connectivity index (χ4n) is 9.09. The van der Waals surface area contributed by atoms with Gasteiger partial charge in [-0.1, -0.05) is 126 Å². The average molecular weight is 835 g/mol. The van der Waals surface area contributed by atoms with Gasteiger partial charge in [-0.3, -0.25) is 9.13 Å². The molecule has 2 heterocycles. The van der Waals surface area contributed by atoms with E-state index in [4.69, 9.17) is 0 Å². The number of nitrogens with zero attached hydrogens (tertiary/aromatic N) is 4. The van der Waals surface area contributed by atoms with Crippen LogP contribution in [0.15, 0.2) is 164 Å². The van der Waals surface area contributed by atoms with E-state index in [1.54, 1.807) is 0 Å². The summed E-state index contributed by atoms with van der Waals surface area (Å²) in [5, 5.41) is 0. The molecule has 2 unspecified atom stereocenters. The molecule has 60 heavy (non-hydrogen) atoms. The second-order valence-corrected chi connectivity index (χ2v) is 21.4. The zero-order valence-corrected chi connectivity index (χ0v) is 36.0. The Balaban J connectivity index is 1.28. The van der Waals surface area contributed by atoms with Crippen molar-refractivity contribution in [2.75, 3.05) is 44.9 Å². The van der Waals surface area contributed by atoms with Crippen LogP contribution in [0.1, 0.15) is 64.3 Å². The Labute approximate surface area is 354 Å². The Morgan fingerprint density at radius 2 is 0.900 bits per heavy atom. The first kappa shape index (κ1) is 41.1. The topological polar surface area (TPSA) is 81.2 Å². The van der Waals surface area contributed by atoms with Gasteiger partial charge >= 0.3 is 0 Å². The van der Waals surface area contributed by atoms with Crippen molar-refractivity contribution in [1.29, 1.82) is 0 Å². The normalized spacial score (nSPS) is 20.0. The van der Waals surface area contributed by atoms with Gasteiger partial charge in [0.05, 0.1) is 11.3 Å². The molecule has 10 heteroatoms. The van der Waals surface area contributed by atoms with Crippen LogP contribution < -0.4 is 18.7 Å². The lowest BCUT2D eigenvalue weighted by atomic mass is 9.95. The smallest absolute Gasteiger partial charge is 0.270 e. The molecule has 2 fully saturated rings. The number of hydrogen-bond acceptors (Lipinski definition) is 4. The molecule has 6 aromatic carbocycles. The highest BCUT2D eigenvalue weighted by Crippen LogP contribution is 2.71. The number of aryl methyl sites for hydroxylation is 2. The van der Waals surface area contributed by atoms with Crippen LogP contribution in [0.25, 0.3) is 0 Å². The van der Waals surface area contributed by atoms with Gasteiger partial charge in [0, 0.05) is 67.7 Å². The van der Waals surface area contributed by atoms with Crippen molar-refractivity contribution in [2.45, 2.75) is 50.3 Å². The fourth-order valence-corrected chi connectivity index (χ4v) is 16.4. The number of aldehydes is 2. The second kappa shape index (κ2) is 17.9.